The summed E-state index contributed by atoms with van der Waals surface area (Å²) < 4.78 is 0. The molecule has 2 N–H and O–H groups in total. The van der Waals surface area contributed by atoms with Crippen molar-refractivity contribution >= 4 is 5.69 Å². The molecule has 0 bridgehead atoms. The van der Waals surface area contributed by atoms with E-state index >= 15 is 0 Å². The van der Waals surface area contributed by atoms with Gasteiger partial charge in [-0.05, 0) is 0 Å². The summed E-state index contributed by atoms with van der Waals surface area (Å²) in [5.41, 5.74) is 0.952. The molecule has 1 fully saturated rings. The third-order valence-corrected chi connectivity index (χ3v) is 2.55. The number of benzene rings is 1. The molecule has 5 heteroatoms. The van der Waals surface area contributed by atoms with Crippen LogP contribution in [-0.4, -0.2) is 24.6 Å². The Morgan fingerprint density at radius 2 is 2.13 bits per heavy atom. The number of piperazine rings is 1. The molecule has 1 heterocycles. The number of nitrogens with one attached hydrogen (secondary N) is 2. The van der Waals surface area contributed by atoms with Crippen LogP contribution in [0.25, 0.3) is 0 Å². The highest BCUT2D eigenvalue weighted by molar-refractivity contribution is 5.42. The maximum absolute atomic E-state index is 10.8. The molecule has 1 saturated heterocycles. The Balaban J connectivity index is 2.29. The SMILES string of the molecule is O=[N+]([O-])c1ccccc1[C@H]1CNCCN1. The number of rotatable bonds is 2. The molecule has 1 atom stereocenters. The quantitative estimate of drug-likeness (QED) is 0.556. The first-order valence-electron chi connectivity index (χ1n) is 4.96. The zero-order valence-corrected chi connectivity index (χ0v) is 8.27. The highest BCUT2D eigenvalue weighted by Crippen LogP contribution is 2.24. The Kier molecular flexibility index (Phi) is 2.94. The van der Waals surface area contributed by atoms with E-state index in [2.05, 4.69) is 10.6 Å². The lowest BCUT2D eigenvalue weighted by Crippen LogP contribution is -2.42. The number of para-hydroxylation sites is 1. The molecule has 5 nitrogen and oxygen atoms in total. The largest absolute Gasteiger partial charge is 0.314 e. The molecule has 0 radical (unpaired) electrons. The lowest BCUT2D eigenvalue weighted by molar-refractivity contribution is -0.385. The molecule has 15 heavy (non-hydrogen) atoms. The maximum atomic E-state index is 10.8. The summed E-state index contributed by atoms with van der Waals surface area (Å²) in [5.74, 6) is 0. The number of hydrogen-bond donors (Lipinski definition) is 2. The summed E-state index contributed by atoms with van der Waals surface area (Å²) in [6.45, 7) is 2.50. The van der Waals surface area contributed by atoms with Gasteiger partial charge in [-0.2, -0.15) is 0 Å². The van der Waals surface area contributed by atoms with Crippen LogP contribution in [-0.2, 0) is 0 Å². The molecular formula is C10H13N3O2. The van der Waals surface area contributed by atoms with Gasteiger partial charge in [-0.3, -0.25) is 10.1 Å². The van der Waals surface area contributed by atoms with Crippen molar-refractivity contribution in [1.82, 2.24) is 10.6 Å². The molecule has 2 rings (SSSR count). The molecule has 0 saturated carbocycles. The molecular weight excluding hydrogens is 194 g/mol. The molecule has 0 spiro atoms. The second kappa shape index (κ2) is 4.37. The molecule has 0 aliphatic carbocycles. The van der Waals surface area contributed by atoms with E-state index in [-0.39, 0.29) is 16.7 Å². The van der Waals surface area contributed by atoms with Crippen molar-refractivity contribution in [2.24, 2.45) is 0 Å². The van der Waals surface area contributed by atoms with Gasteiger partial charge in [0, 0.05) is 31.3 Å². The third kappa shape index (κ3) is 2.14. The van der Waals surface area contributed by atoms with Gasteiger partial charge in [-0.1, -0.05) is 18.2 Å². The van der Waals surface area contributed by atoms with E-state index in [1.54, 1.807) is 12.1 Å². The highest BCUT2D eigenvalue weighted by Gasteiger charge is 2.22. The first kappa shape index (κ1) is 10.1. The average molecular weight is 207 g/mol. The molecule has 80 valence electrons. The first-order valence-corrected chi connectivity index (χ1v) is 4.96. The lowest BCUT2D eigenvalue weighted by atomic mass is 10.0. The van der Waals surface area contributed by atoms with Gasteiger partial charge in [-0.25, -0.2) is 0 Å². The molecule has 1 aromatic rings. The minimum absolute atomic E-state index is 0.0420. The van der Waals surface area contributed by atoms with E-state index in [9.17, 15) is 10.1 Å². The molecule has 1 aliphatic heterocycles. The van der Waals surface area contributed by atoms with Gasteiger partial charge in [-0.15, -0.1) is 0 Å². The van der Waals surface area contributed by atoms with Crippen molar-refractivity contribution in [3.8, 4) is 0 Å². The van der Waals surface area contributed by atoms with Crippen LogP contribution in [0.3, 0.4) is 0 Å². The predicted molar refractivity (Wildman–Crippen MR) is 56.7 cm³/mol. The van der Waals surface area contributed by atoms with Gasteiger partial charge < -0.3 is 10.6 Å². The van der Waals surface area contributed by atoms with Crippen molar-refractivity contribution in [2.75, 3.05) is 19.6 Å². The number of nitrogens with zero attached hydrogens (tertiary/aromatic N) is 1. The summed E-state index contributed by atoms with van der Waals surface area (Å²) in [4.78, 5) is 10.5. The molecule has 0 unspecified atom stereocenters. The molecule has 0 aromatic heterocycles. The van der Waals surface area contributed by atoms with Gasteiger partial charge in [0.05, 0.1) is 11.0 Å². The van der Waals surface area contributed by atoms with E-state index in [0.717, 1.165) is 25.2 Å². The normalized spacial score (nSPS) is 21.2. The predicted octanol–water partition coefficient (Wildman–Crippen LogP) is 0.829. The van der Waals surface area contributed by atoms with Crippen molar-refractivity contribution in [2.45, 2.75) is 6.04 Å². The number of hydrogen-bond acceptors (Lipinski definition) is 4. The fourth-order valence-corrected chi connectivity index (χ4v) is 1.82. The van der Waals surface area contributed by atoms with Gasteiger partial charge in [0.15, 0.2) is 0 Å². The molecule has 0 amide bonds. The van der Waals surface area contributed by atoms with Gasteiger partial charge >= 0.3 is 0 Å². The van der Waals surface area contributed by atoms with E-state index in [0.29, 0.717) is 0 Å². The third-order valence-electron chi connectivity index (χ3n) is 2.55. The summed E-state index contributed by atoms with van der Waals surface area (Å²) in [6, 6.07) is 6.92. The Morgan fingerprint density at radius 3 is 2.80 bits per heavy atom. The smallest absolute Gasteiger partial charge is 0.274 e. The van der Waals surface area contributed by atoms with Crippen LogP contribution in [0.1, 0.15) is 11.6 Å². The standard InChI is InChI=1S/C10H13N3O2/c14-13(15)10-4-2-1-3-8(10)9-7-11-5-6-12-9/h1-4,9,11-12H,5-7H2/t9-/m1/s1. The zero-order chi connectivity index (χ0) is 10.7. The van der Waals surface area contributed by atoms with Gasteiger partial charge in [0.1, 0.15) is 0 Å². The Labute approximate surface area is 87.6 Å². The van der Waals surface area contributed by atoms with Crippen LogP contribution in [0.2, 0.25) is 0 Å². The second-order valence-corrected chi connectivity index (χ2v) is 3.53. The van der Waals surface area contributed by atoms with E-state index in [1.165, 1.54) is 0 Å². The van der Waals surface area contributed by atoms with Crippen LogP contribution >= 0.6 is 0 Å². The van der Waals surface area contributed by atoms with Crippen LogP contribution in [0.4, 0.5) is 5.69 Å². The van der Waals surface area contributed by atoms with E-state index < -0.39 is 0 Å². The second-order valence-electron chi connectivity index (χ2n) is 3.53. The minimum Gasteiger partial charge on any atom is -0.314 e. The molecule has 1 aromatic carbocycles. The molecule has 1 aliphatic rings. The summed E-state index contributed by atoms with van der Waals surface area (Å²) >= 11 is 0. The Morgan fingerprint density at radius 1 is 1.33 bits per heavy atom. The van der Waals surface area contributed by atoms with Gasteiger partial charge in [0.2, 0.25) is 0 Å². The van der Waals surface area contributed by atoms with Crippen molar-refractivity contribution in [3.05, 3.63) is 39.9 Å². The van der Waals surface area contributed by atoms with E-state index in [4.69, 9.17) is 0 Å². The summed E-state index contributed by atoms with van der Waals surface area (Å²) in [5, 5.41) is 17.3. The topological polar surface area (TPSA) is 67.2 Å². The zero-order valence-electron chi connectivity index (χ0n) is 8.27. The fraction of sp³-hybridized carbons (Fsp3) is 0.400. The lowest BCUT2D eigenvalue weighted by Gasteiger charge is -2.24. The number of nitro groups is 1. The first-order chi connectivity index (χ1) is 7.29. The van der Waals surface area contributed by atoms with Crippen LogP contribution in [0, 0.1) is 10.1 Å². The monoisotopic (exact) mass is 207 g/mol. The van der Waals surface area contributed by atoms with Crippen LogP contribution in [0.15, 0.2) is 24.3 Å². The van der Waals surface area contributed by atoms with Crippen LogP contribution in [0.5, 0.6) is 0 Å². The number of nitro benzene ring substituents is 1. The van der Waals surface area contributed by atoms with Crippen molar-refractivity contribution in [1.29, 1.82) is 0 Å². The van der Waals surface area contributed by atoms with Crippen molar-refractivity contribution in [3.63, 3.8) is 0 Å². The summed E-state index contributed by atoms with van der Waals surface area (Å²) in [7, 11) is 0. The minimum atomic E-state index is -0.328. The Bertz CT molecular complexity index is 361. The maximum Gasteiger partial charge on any atom is 0.274 e. The van der Waals surface area contributed by atoms with Gasteiger partial charge in [0.25, 0.3) is 5.69 Å². The Hall–Kier alpha value is -1.46. The fourth-order valence-electron chi connectivity index (χ4n) is 1.82. The van der Waals surface area contributed by atoms with E-state index in [1.807, 2.05) is 12.1 Å². The highest BCUT2D eigenvalue weighted by atomic mass is 16.6. The average Bonchev–Trinajstić information content (AvgIpc) is 2.30. The van der Waals surface area contributed by atoms with Crippen LogP contribution < -0.4 is 10.6 Å². The summed E-state index contributed by atoms with van der Waals surface area (Å²) in [6.07, 6.45) is 0. The van der Waals surface area contributed by atoms with Crippen molar-refractivity contribution < 1.29 is 4.92 Å².